The first-order chi connectivity index (χ1) is 8.66. The smallest absolute Gasteiger partial charge is 0.258 e. The second-order valence-corrected chi connectivity index (χ2v) is 4.66. The van der Waals surface area contributed by atoms with Crippen LogP contribution in [0, 0.1) is 15.9 Å². The summed E-state index contributed by atoms with van der Waals surface area (Å²) in [4.78, 5) is 10.7. The highest BCUT2D eigenvalue weighted by molar-refractivity contribution is 7.98. The second-order valence-electron chi connectivity index (χ2n) is 3.64. The highest BCUT2D eigenvalue weighted by Crippen LogP contribution is 2.31. The van der Waals surface area contributed by atoms with Crippen molar-refractivity contribution in [2.45, 2.75) is 10.6 Å². The number of benzene rings is 2. The standard InChI is InChI=1S/C13H10FNO2S/c14-11-6-7-12(15(16)17)13(8-11)18-9-10-4-2-1-3-5-10/h1-8H,9H2. The molecule has 0 heterocycles. The Morgan fingerprint density at radius 3 is 2.56 bits per heavy atom. The fourth-order valence-corrected chi connectivity index (χ4v) is 2.49. The fraction of sp³-hybridized carbons (Fsp3) is 0.0769. The second kappa shape index (κ2) is 5.64. The molecule has 18 heavy (non-hydrogen) atoms. The molecule has 0 bridgehead atoms. The van der Waals surface area contributed by atoms with Gasteiger partial charge in [-0.3, -0.25) is 10.1 Å². The van der Waals surface area contributed by atoms with Gasteiger partial charge in [-0.1, -0.05) is 30.3 Å². The van der Waals surface area contributed by atoms with Gasteiger partial charge < -0.3 is 0 Å². The van der Waals surface area contributed by atoms with Crippen LogP contribution in [0.15, 0.2) is 53.4 Å². The zero-order chi connectivity index (χ0) is 13.0. The minimum atomic E-state index is -0.493. The quantitative estimate of drug-likeness (QED) is 0.475. The fourth-order valence-electron chi connectivity index (χ4n) is 1.49. The summed E-state index contributed by atoms with van der Waals surface area (Å²) in [5.74, 6) is 0.113. The van der Waals surface area contributed by atoms with Gasteiger partial charge in [-0.15, -0.1) is 11.8 Å². The van der Waals surface area contributed by atoms with Crippen molar-refractivity contribution >= 4 is 17.4 Å². The highest BCUT2D eigenvalue weighted by Gasteiger charge is 2.14. The van der Waals surface area contributed by atoms with Crippen LogP contribution in [0.5, 0.6) is 0 Å². The molecule has 0 aliphatic rings. The van der Waals surface area contributed by atoms with Gasteiger partial charge in [0.1, 0.15) is 5.82 Å². The largest absolute Gasteiger partial charge is 0.283 e. The number of nitro benzene ring substituents is 1. The van der Waals surface area contributed by atoms with Gasteiger partial charge in [-0.25, -0.2) is 4.39 Å². The lowest BCUT2D eigenvalue weighted by atomic mass is 10.2. The van der Waals surface area contributed by atoms with E-state index in [0.29, 0.717) is 10.6 Å². The van der Waals surface area contributed by atoms with Crippen LogP contribution < -0.4 is 0 Å². The maximum absolute atomic E-state index is 13.1. The molecule has 0 aromatic heterocycles. The van der Waals surface area contributed by atoms with Gasteiger partial charge in [-0.2, -0.15) is 0 Å². The maximum atomic E-state index is 13.1. The number of nitrogens with zero attached hydrogens (tertiary/aromatic N) is 1. The Hall–Kier alpha value is -1.88. The zero-order valence-corrected chi connectivity index (χ0v) is 10.2. The molecule has 0 amide bonds. The van der Waals surface area contributed by atoms with Gasteiger partial charge in [0, 0.05) is 11.8 Å². The third-order valence-corrected chi connectivity index (χ3v) is 3.47. The molecule has 2 aromatic carbocycles. The summed E-state index contributed by atoms with van der Waals surface area (Å²) in [5.41, 5.74) is 0.985. The maximum Gasteiger partial charge on any atom is 0.283 e. The molecule has 0 aliphatic heterocycles. The van der Waals surface area contributed by atoms with E-state index >= 15 is 0 Å². The van der Waals surface area contributed by atoms with E-state index in [9.17, 15) is 14.5 Å². The highest BCUT2D eigenvalue weighted by atomic mass is 32.2. The van der Waals surface area contributed by atoms with Crippen molar-refractivity contribution in [2.75, 3.05) is 0 Å². The van der Waals surface area contributed by atoms with Crippen molar-refractivity contribution in [1.29, 1.82) is 0 Å². The molecular weight excluding hydrogens is 253 g/mol. The van der Waals surface area contributed by atoms with Gasteiger partial charge in [-0.05, 0) is 17.7 Å². The molecule has 0 unspecified atom stereocenters. The summed E-state index contributed by atoms with van der Waals surface area (Å²) >= 11 is 1.26. The number of thioether (sulfide) groups is 1. The summed E-state index contributed by atoms with van der Waals surface area (Å²) < 4.78 is 13.1. The van der Waals surface area contributed by atoms with E-state index in [1.807, 2.05) is 30.3 Å². The van der Waals surface area contributed by atoms with Crippen LogP contribution in [0.4, 0.5) is 10.1 Å². The minimum Gasteiger partial charge on any atom is -0.258 e. The lowest BCUT2D eigenvalue weighted by Gasteiger charge is -2.03. The summed E-state index contributed by atoms with van der Waals surface area (Å²) in [7, 11) is 0. The summed E-state index contributed by atoms with van der Waals surface area (Å²) in [5, 5.41) is 10.8. The Labute approximate surface area is 108 Å². The van der Waals surface area contributed by atoms with Crippen LogP contribution in [0.25, 0.3) is 0 Å². The SMILES string of the molecule is O=[N+]([O-])c1ccc(F)cc1SCc1ccccc1. The Morgan fingerprint density at radius 2 is 1.89 bits per heavy atom. The molecule has 0 radical (unpaired) electrons. The normalized spacial score (nSPS) is 10.3. The Bertz CT molecular complexity index is 560. The van der Waals surface area contributed by atoms with Gasteiger partial charge in [0.25, 0.3) is 5.69 Å². The monoisotopic (exact) mass is 263 g/mol. The van der Waals surface area contributed by atoms with Crippen molar-refractivity contribution < 1.29 is 9.31 Å². The minimum absolute atomic E-state index is 0.0580. The first-order valence-corrected chi connectivity index (χ1v) is 6.26. The number of rotatable bonds is 4. The molecule has 0 aliphatic carbocycles. The molecule has 0 fully saturated rings. The van der Waals surface area contributed by atoms with Crippen LogP contribution in [-0.2, 0) is 5.75 Å². The van der Waals surface area contributed by atoms with Gasteiger partial charge in [0.15, 0.2) is 0 Å². The summed E-state index contributed by atoms with van der Waals surface area (Å²) in [6, 6.07) is 13.1. The predicted molar refractivity (Wildman–Crippen MR) is 69.1 cm³/mol. The van der Waals surface area contributed by atoms with E-state index in [1.165, 1.54) is 23.9 Å². The van der Waals surface area contributed by atoms with Crippen molar-refractivity contribution in [1.82, 2.24) is 0 Å². The third kappa shape index (κ3) is 3.07. The molecule has 2 rings (SSSR count). The van der Waals surface area contributed by atoms with Crippen LogP contribution >= 0.6 is 11.8 Å². The third-order valence-electron chi connectivity index (χ3n) is 2.36. The zero-order valence-electron chi connectivity index (χ0n) is 9.38. The molecule has 0 atom stereocenters. The molecule has 0 spiro atoms. The Kier molecular flexibility index (Phi) is 3.94. The molecule has 5 heteroatoms. The van der Waals surface area contributed by atoms with Crippen LogP contribution in [0.2, 0.25) is 0 Å². The lowest BCUT2D eigenvalue weighted by molar-refractivity contribution is -0.387. The number of nitro groups is 1. The van der Waals surface area contributed by atoms with E-state index in [0.717, 1.165) is 11.6 Å². The van der Waals surface area contributed by atoms with Crippen molar-refractivity contribution in [3.8, 4) is 0 Å². The van der Waals surface area contributed by atoms with E-state index in [-0.39, 0.29) is 5.69 Å². The molecule has 0 saturated carbocycles. The first kappa shape index (κ1) is 12.6. The molecule has 0 N–H and O–H groups in total. The number of halogens is 1. The number of hydrogen-bond donors (Lipinski definition) is 0. The van der Waals surface area contributed by atoms with E-state index in [4.69, 9.17) is 0 Å². The number of hydrogen-bond acceptors (Lipinski definition) is 3. The van der Waals surface area contributed by atoms with Gasteiger partial charge >= 0.3 is 0 Å². The van der Waals surface area contributed by atoms with Crippen LogP contribution in [0.3, 0.4) is 0 Å². The first-order valence-electron chi connectivity index (χ1n) is 5.27. The molecule has 3 nitrogen and oxygen atoms in total. The van der Waals surface area contributed by atoms with Crippen LogP contribution in [-0.4, -0.2) is 4.92 Å². The van der Waals surface area contributed by atoms with Crippen molar-refractivity contribution in [3.05, 3.63) is 70.0 Å². The topological polar surface area (TPSA) is 43.1 Å². The molecular formula is C13H10FNO2S. The van der Waals surface area contributed by atoms with Crippen molar-refractivity contribution in [2.24, 2.45) is 0 Å². The average Bonchev–Trinajstić information content (AvgIpc) is 2.37. The van der Waals surface area contributed by atoms with Crippen LogP contribution in [0.1, 0.15) is 5.56 Å². The molecule has 2 aromatic rings. The van der Waals surface area contributed by atoms with E-state index in [2.05, 4.69) is 0 Å². The predicted octanol–water partition coefficient (Wildman–Crippen LogP) is 4.03. The molecule has 92 valence electrons. The summed E-state index contributed by atoms with van der Waals surface area (Å²) in [6.07, 6.45) is 0. The average molecular weight is 263 g/mol. The van der Waals surface area contributed by atoms with Gasteiger partial charge in [0.05, 0.1) is 9.82 Å². The van der Waals surface area contributed by atoms with E-state index in [1.54, 1.807) is 0 Å². The van der Waals surface area contributed by atoms with E-state index < -0.39 is 10.7 Å². The Morgan fingerprint density at radius 1 is 1.17 bits per heavy atom. The van der Waals surface area contributed by atoms with Crippen molar-refractivity contribution in [3.63, 3.8) is 0 Å². The van der Waals surface area contributed by atoms with Gasteiger partial charge in [0.2, 0.25) is 0 Å². The molecule has 0 saturated heterocycles. The summed E-state index contributed by atoms with van der Waals surface area (Å²) in [6.45, 7) is 0. The lowest BCUT2D eigenvalue weighted by Crippen LogP contribution is -1.92. The Balaban J connectivity index is 2.18.